The molecule has 2 aliphatic heterocycles. The standard InChI is InChI=1S/C15H20N2O2.ClH/c18-15(19-11-12-4-2-1-3-5-12)17-9-7-14-13(10-17)6-8-16-14;/h1-5,13-14,16H,6-11H2;1H/t13-,14+;/m1./s1. The van der Waals surface area contributed by atoms with Crippen LogP contribution < -0.4 is 5.32 Å². The number of hydrogen-bond acceptors (Lipinski definition) is 3. The Labute approximate surface area is 125 Å². The fraction of sp³-hybridized carbons (Fsp3) is 0.533. The molecular weight excluding hydrogens is 276 g/mol. The molecule has 4 nitrogen and oxygen atoms in total. The zero-order chi connectivity index (χ0) is 13.1. The number of carbonyl (C=O) groups is 1. The highest BCUT2D eigenvalue weighted by molar-refractivity contribution is 5.85. The monoisotopic (exact) mass is 296 g/mol. The lowest BCUT2D eigenvalue weighted by Crippen LogP contribution is -2.47. The second-order valence-electron chi connectivity index (χ2n) is 5.38. The van der Waals surface area contributed by atoms with Crippen molar-refractivity contribution in [3.05, 3.63) is 35.9 Å². The predicted molar refractivity (Wildman–Crippen MR) is 80.0 cm³/mol. The van der Waals surface area contributed by atoms with Gasteiger partial charge in [0.1, 0.15) is 6.61 Å². The van der Waals surface area contributed by atoms with Gasteiger partial charge in [0, 0.05) is 19.1 Å². The summed E-state index contributed by atoms with van der Waals surface area (Å²) in [6, 6.07) is 10.4. The minimum absolute atomic E-state index is 0. The van der Waals surface area contributed by atoms with E-state index in [4.69, 9.17) is 4.74 Å². The van der Waals surface area contributed by atoms with Crippen molar-refractivity contribution in [1.82, 2.24) is 10.2 Å². The highest BCUT2D eigenvalue weighted by Crippen LogP contribution is 2.24. The van der Waals surface area contributed by atoms with Crippen LogP contribution in [0.2, 0.25) is 0 Å². The third-order valence-electron chi connectivity index (χ3n) is 4.12. The predicted octanol–water partition coefficient (Wildman–Crippen LogP) is 2.43. The fourth-order valence-electron chi connectivity index (χ4n) is 3.02. The van der Waals surface area contributed by atoms with Crippen LogP contribution in [0.1, 0.15) is 18.4 Å². The smallest absolute Gasteiger partial charge is 0.410 e. The first-order valence-electron chi connectivity index (χ1n) is 7.02. The number of benzene rings is 1. The van der Waals surface area contributed by atoms with E-state index in [1.807, 2.05) is 35.2 Å². The molecule has 5 heteroatoms. The summed E-state index contributed by atoms with van der Waals surface area (Å²) in [6.07, 6.45) is 2.05. The van der Waals surface area contributed by atoms with Gasteiger partial charge >= 0.3 is 6.09 Å². The van der Waals surface area contributed by atoms with E-state index < -0.39 is 0 Å². The van der Waals surface area contributed by atoms with E-state index in [1.165, 1.54) is 6.42 Å². The van der Waals surface area contributed by atoms with Crippen LogP contribution in [-0.2, 0) is 11.3 Å². The lowest BCUT2D eigenvalue weighted by Gasteiger charge is -2.34. The van der Waals surface area contributed by atoms with Gasteiger partial charge in [-0.1, -0.05) is 30.3 Å². The van der Waals surface area contributed by atoms with Crippen LogP contribution in [-0.4, -0.2) is 36.7 Å². The number of fused-ring (bicyclic) bond motifs is 1. The third-order valence-corrected chi connectivity index (χ3v) is 4.12. The first-order chi connectivity index (χ1) is 9.33. The van der Waals surface area contributed by atoms with Gasteiger partial charge in [0.15, 0.2) is 0 Å². The Morgan fingerprint density at radius 1 is 1.30 bits per heavy atom. The zero-order valence-corrected chi connectivity index (χ0v) is 12.3. The van der Waals surface area contributed by atoms with E-state index in [-0.39, 0.29) is 18.5 Å². The van der Waals surface area contributed by atoms with Crippen LogP contribution in [0.5, 0.6) is 0 Å². The summed E-state index contributed by atoms with van der Waals surface area (Å²) in [7, 11) is 0. The van der Waals surface area contributed by atoms with Crippen LogP contribution in [0.25, 0.3) is 0 Å². The molecule has 1 aromatic carbocycles. The average molecular weight is 297 g/mol. The second kappa shape index (κ2) is 6.95. The first-order valence-corrected chi connectivity index (χ1v) is 7.02. The van der Waals surface area contributed by atoms with Gasteiger partial charge in [0.05, 0.1) is 0 Å². The molecule has 0 saturated carbocycles. The van der Waals surface area contributed by atoms with E-state index >= 15 is 0 Å². The molecule has 2 aliphatic rings. The number of nitrogens with one attached hydrogen (secondary N) is 1. The van der Waals surface area contributed by atoms with Crippen molar-refractivity contribution < 1.29 is 9.53 Å². The number of rotatable bonds is 2. The first kappa shape index (κ1) is 15.1. The molecule has 20 heavy (non-hydrogen) atoms. The fourth-order valence-corrected chi connectivity index (χ4v) is 3.02. The topological polar surface area (TPSA) is 41.6 Å². The number of likely N-dealkylation sites (tertiary alicyclic amines) is 1. The lowest BCUT2D eigenvalue weighted by molar-refractivity contribution is 0.0768. The van der Waals surface area contributed by atoms with Gasteiger partial charge in [-0.2, -0.15) is 0 Å². The van der Waals surface area contributed by atoms with Crippen molar-refractivity contribution in [2.45, 2.75) is 25.5 Å². The second-order valence-corrected chi connectivity index (χ2v) is 5.38. The molecule has 110 valence electrons. The highest BCUT2D eigenvalue weighted by atomic mass is 35.5. The number of hydrogen-bond donors (Lipinski definition) is 1. The minimum Gasteiger partial charge on any atom is -0.445 e. The van der Waals surface area contributed by atoms with Crippen molar-refractivity contribution in [2.75, 3.05) is 19.6 Å². The summed E-state index contributed by atoms with van der Waals surface area (Å²) in [5, 5.41) is 3.50. The molecule has 0 aliphatic carbocycles. The van der Waals surface area contributed by atoms with Crippen molar-refractivity contribution >= 4 is 18.5 Å². The number of carbonyl (C=O) groups excluding carboxylic acids is 1. The molecule has 0 spiro atoms. The Hall–Kier alpha value is -1.26. The van der Waals surface area contributed by atoms with Crippen LogP contribution in [0, 0.1) is 5.92 Å². The van der Waals surface area contributed by atoms with Gasteiger partial charge in [-0.05, 0) is 30.9 Å². The van der Waals surface area contributed by atoms with Gasteiger partial charge < -0.3 is 15.0 Å². The summed E-state index contributed by atoms with van der Waals surface area (Å²) in [5.74, 6) is 0.609. The van der Waals surface area contributed by atoms with Crippen molar-refractivity contribution in [2.24, 2.45) is 5.92 Å². The van der Waals surface area contributed by atoms with E-state index in [0.29, 0.717) is 18.6 Å². The number of halogens is 1. The molecule has 1 aromatic rings. The third kappa shape index (κ3) is 3.44. The Morgan fingerprint density at radius 2 is 2.10 bits per heavy atom. The largest absolute Gasteiger partial charge is 0.445 e. The molecule has 0 unspecified atom stereocenters. The van der Waals surface area contributed by atoms with Crippen molar-refractivity contribution in [3.63, 3.8) is 0 Å². The SMILES string of the molecule is Cl.O=C(OCc1ccccc1)N1CC[C@@H]2NCC[C@@H]2C1. The molecule has 0 bridgehead atoms. The molecule has 2 saturated heterocycles. The molecule has 2 heterocycles. The van der Waals surface area contributed by atoms with Crippen LogP contribution in [0.3, 0.4) is 0 Å². The Balaban J connectivity index is 0.00000147. The summed E-state index contributed by atoms with van der Waals surface area (Å²) < 4.78 is 5.38. The van der Waals surface area contributed by atoms with Crippen molar-refractivity contribution in [1.29, 1.82) is 0 Å². The average Bonchev–Trinajstić information content (AvgIpc) is 2.93. The number of nitrogens with zero attached hydrogens (tertiary/aromatic N) is 1. The molecule has 2 fully saturated rings. The Kier molecular flexibility index (Phi) is 5.26. The van der Waals surface area contributed by atoms with Crippen LogP contribution in [0.15, 0.2) is 30.3 Å². The Bertz CT molecular complexity index is 441. The van der Waals surface area contributed by atoms with Gasteiger partial charge in [-0.25, -0.2) is 4.79 Å². The van der Waals surface area contributed by atoms with E-state index in [9.17, 15) is 4.79 Å². The maximum absolute atomic E-state index is 12.0. The molecule has 1 N–H and O–H groups in total. The van der Waals surface area contributed by atoms with E-state index in [0.717, 1.165) is 31.6 Å². The van der Waals surface area contributed by atoms with Gasteiger partial charge in [-0.3, -0.25) is 0 Å². The lowest BCUT2D eigenvalue weighted by atomic mass is 9.94. The van der Waals surface area contributed by atoms with Gasteiger partial charge in [-0.15, -0.1) is 12.4 Å². The summed E-state index contributed by atoms with van der Waals surface area (Å²) in [6.45, 7) is 3.10. The van der Waals surface area contributed by atoms with E-state index in [2.05, 4.69) is 5.32 Å². The zero-order valence-electron chi connectivity index (χ0n) is 11.5. The van der Waals surface area contributed by atoms with E-state index in [1.54, 1.807) is 0 Å². The van der Waals surface area contributed by atoms with Gasteiger partial charge in [0.25, 0.3) is 0 Å². The number of ether oxygens (including phenoxy) is 1. The summed E-state index contributed by atoms with van der Waals surface area (Å²) >= 11 is 0. The molecule has 1 amide bonds. The summed E-state index contributed by atoms with van der Waals surface area (Å²) in [4.78, 5) is 13.9. The Morgan fingerprint density at radius 3 is 2.90 bits per heavy atom. The molecular formula is C15H21ClN2O2. The highest BCUT2D eigenvalue weighted by Gasteiger charge is 2.34. The number of amides is 1. The summed E-state index contributed by atoms with van der Waals surface area (Å²) in [5.41, 5.74) is 1.04. The quantitative estimate of drug-likeness (QED) is 0.911. The molecule has 0 aromatic heterocycles. The maximum atomic E-state index is 12.0. The van der Waals surface area contributed by atoms with Crippen LogP contribution in [0.4, 0.5) is 4.79 Å². The molecule has 2 atom stereocenters. The molecule has 3 rings (SSSR count). The maximum Gasteiger partial charge on any atom is 0.410 e. The van der Waals surface area contributed by atoms with Gasteiger partial charge in [0.2, 0.25) is 0 Å². The number of piperidine rings is 1. The molecule has 0 radical (unpaired) electrons. The van der Waals surface area contributed by atoms with Crippen LogP contribution >= 0.6 is 12.4 Å². The normalized spacial score (nSPS) is 24.7. The minimum atomic E-state index is -0.172. The van der Waals surface area contributed by atoms with Crippen molar-refractivity contribution in [3.8, 4) is 0 Å².